The van der Waals surface area contributed by atoms with Crippen LogP contribution in [0.5, 0.6) is 0 Å². The Hall–Kier alpha value is -1.65. The van der Waals surface area contributed by atoms with E-state index in [2.05, 4.69) is 27.4 Å². The number of piperidine rings is 1. The Balaban J connectivity index is 0.00000245. The zero-order valence-corrected chi connectivity index (χ0v) is 17.8. The maximum atomic E-state index is 12.5. The highest BCUT2D eigenvalue weighted by Crippen LogP contribution is 2.53. The molecular weight excluding hydrogens is 411 g/mol. The molecule has 1 aliphatic carbocycles. The second-order valence-corrected chi connectivity index (χ2v) is 10.00. The number of alkyl halides is 3. The number of morpholine rings is 1. The van der Waals surface area contributed by atoms with E-state index >= 15 is 0 Å². The average Bonchev–Trinajstić information content (AvgIpc) is 3.06. The Morgan fingerprint density at radius 3 is 2.77 bits per heavy atom. The third kappa shape index (κ3) is 4.09. The van der Waals surface area contributed by atoms with Gasteiger partial charge in [-0.1, -0.05) is 6.92 Å². The SMILES string of the molecule is CCC12CN(N3CC4(CC(Cc5cnn(CC(F)(F)F)c5)C4)C3)CC[C@@H]1OCC(=O)N2.[HH]. The van der Waals surface area contributed by atoms with Crippen LogP contribution in [0.3, 0.4) is 0 Å². The summed E-state index contributed by atoms with van der Waals surface area (Å²) in [4.78, 5) is 11.9. The van der Waals surface area contributed by atoms with Gasteiger partial charge in [-0.25, -0.2) is 10.0 Å². The fourth-order valence-electron chi connectivity index (χ4n) is 6.18. The molecule has 2 atom stereocenters. The molecule has 31 heavy (non-hydrogen) atoms. The number of nitrogens with one attached hydrogen (secondary N) is 1. The van der Waals surface area contributed by atoms with Crippen molar-refractivity contribution in [2.75, 3.05) is 32.8 Å². The fourth-order valence-corrected chi connectivity index (χ4v) is 6.18. The van der Waals surface area contributed by atoms with E-state index in [0.29, 0.717) is 11.3 Å². The minimum absolute atomic E-state index is 0. The van der Waals surface area contributed by atoms with Gasteiger partial charge in [0, 0.05) is 33.8 Å². The van der Waals surface area contributed by atoms with Gasteiger partial charge in [0.15, 0.2) is 0 Å². The van der Waals surface area contributed by atoms with Crippen LogP contribution >= 0.6 is 0 Å². The lowest BCUT2D eigenvalue weighted by Gasteiger charge is -2.63. The molecule has 3 aliphatic heterocycles. The van der Waals surface area contributed by atoms with Crippen molar-refractivity contribution in [2.45, 2.75) is 63.4 Å². The number of aromatic nitrogens is 2. The van der Waals surface area contributed by atoms with Crippen LogP contribution in [0.2, 0.25) is 0 Å². The molecular formula is C21H32F3N5O2. The summed E-state index contributed by atoms with van der Waals surface area (Å²) < 4.78 is 44.3. The van der Waals surface area contributed by atoms with Crippen LogP contribution in [-0.2, 0) is 22.5 Å². The molecule has 1 saturated carbocycles. The van der Waals surface area contributed by atoms with Crippen molar-refractivity contribution in [1.82, 2.24) is 25.1 Å². The summed E-state index contributed by atoms with van der Waals surface area (Å²) >= 11 is 0. The minimum atomic E-state index is -4.24. The monoisotopic (exact) mass is 443 g/mol. The van der Waals surface area contributed by atoms with Gasteiger partial charge in [-0.15, -0.1) is 0 Å². The van der Waals surface area contributed by atoms with Gasteiger partial charge in [-0.05, 0) is 49.0 Å². The second kappa shape index (κ2) is 7.45. The number of halogens is 3. The minimum Gasteiger partial charge on any atom is -0.366 e. The number of hydrogen-bond acceptors (Lipinski definition) is 5. The maximum Gasteiger partial charge on any atom is 0.408 e. The van der Waals surface area contributed by atoms with Gasteiger partial charge in [0.2, 0.25) is 5.91 Å². The fraction of sp³-hybridized carbons (Fsp3) is 0.810. The van der Waals surface area contributed by atoms with Gasteiger partial charge in [-0.3, -0.25) is 9.48 Å². The predicted molar refractivity (Wildman–Crippen MR) is 108 cm³/mol. The van der Waals surface area contributed by atoms with Crippen molar-refractivity contribution >= 4 is 5.91 Å². The first kappa shape index (κ1) is 21.2. The van der Waals surface area contributed by atoms with Crippen molar-refractivity contribution in [1.29, 1.82) is 0 Å². The molecule has 4 aliphatic rings. The molecule has 0 bridgehead atoms. The molecule has 5 rings (SSSR count). The molecule has 3 saturated heterocycles. The van der Waals surface area contributed by atoms with Crippen molar-refractivity contribution in [3.63, 3.8) is 0 Å². The Labute approximate surface area is 181 Å². The number of amides is 1. The molecule has 7 nitrogen and oxygen atoms in total. The van der Waals surface area contributed by atoms with Crippen LogP contribution in [0.4, 0.5) is 13.2 Å². The van der Waals surface area contributed by atoms with Crippen LogP contribution in [0.25, 0.3) is 0 Å². The van der Waals surface area contributed by atoms with Gasteiger partial charge >= 0.3 is 6.18 Å². The Bertz CT molecular complexity index is 836. The molecule has 0 aromatic carbocycles. The summed E-state index contributed by atoms with van der Waals surface area (Å²) in [5, 5.41) is 11.8. The van der Waals surface area contributed by atoms with Crippen molar-refractivity contribution in [3.05, 3.63) is 18.0 Å². The Morgan fingerprint density at radius 2 is 2.06 bits per heavy atom. The predicted octanol–water partition coefficient (Wildman–Crippen LogP) is 2.23. The number of fused-ring (bicyclic) bond motifs is 1. The molecule has 1 aromatic heterocycles. The summed E-state index contributed by atoms with van der Waals surface area (Å²) in [6, 6.07) is 0. The summed E-state index contributed by atoms with van der Waals surface area (Å²) in [7, 11) is 0. The molecule has 4 fully saturated rings. The molecule has 1 N–H and O–H groups in total. The van der Waals surface area contributed by atoms with Crippen molar-refractivity contribution < 1.29 is 24.1 Å². The third-order valence-corrected chi connectivity index (χ3v) is 7.60. The Morgan fingerprint density at radius 1 is 1.29 bits per heavy atom. The smallest absolute Gasteiger partial charge is 0.366 e. The van der Waals surface area contributed by atoms with Crippen LogP contribution in [0.1, 0.15) is 39.6 Å². The molecule has 4 heterocycles. The molecule has 1 spiro atoms. The number of carbonyl (C=O) groups is 1. The lowest BCUT2D eigenvalue weighted by Crippen LogP contribution is -2.75. The molecule has 0 radical (unpaired) electrons. The van der Waals surface area contributed by atoms with E-state index in [9.17, 15) is 18.0 Å². The quantitative estimate of drug-likeness (QED) is 0.756. The molecule has 174 valence electrons. The van der Waals surface area contributed by atoms with Crippen molar-refractivity contribution in [2.24, 2.45) is 11.3 Å². The normalized spacial score (nSPS) is 31.7. The lowest BCUT2D eigenvalue weighted by molar-refractivity contribution is -0.224. The number of rotatable bonds is 5. The first-order valence-electron chi connectivity index (χ1n) is 11.2. The number of carbonyl (C=O) groups excluding carboxylic acids is 1. The summed E-state index contributed by atoms with van der Waals surface area (Å²) in [6.07, 6.45) is 3.74. The molecule has 1 amide bonds. The lowest BCUT2D eigenvalue weighted by atomic mass is 9.57. The number of hydrazine groups is 1. The third-order valence-electron chi connectivity index (χ3n) is 7.60. The molecule has 1 aromatic rings. The first-order valence-corrected chi connectivity index (χ1v) is 11.2. The summed E-state index contributed by atoms with van der Waals surface area (Å²) in [5.41, 5.74) is 0.935. The Kier molecular flexibility index (Phi) is 5.10. The topological polar surface area (TPSA) is 62.6 Å². The van der Waals surface area contributed by atoms with E-state index in [1.54, 1.807) is 6.20 Å². The van der Waals surface area contributed by atoms with E-state index < -0.39 is 12.7 Å². The van der Waals surface area contributed by atoms with Crippen LogP contribution < -0.4 is 5.32 Å². The standard InChI is InChI=1S/C21H30F3N5O2.H2/c1-2-20-13-28(4-3-17(20)31-10-18(30)26-20)29-11-19(12-29)6-15(7-19)5-16-8-25-27(9-16)14-21(22,23)24;/h8-9,15,17H,2-7,10-14H2,1H3,(H,26,30);1H/t17-,20?;/m0./s1. The molecule has 10 heteroatoms. The van der Waals surface area contributed by atoms with E-state index in [4.69, 9.17) is 4.74 Å². The largest absolute Gasteiger partial charge is 0.408 e. The number of ether oxygens (including phenoxy) is 1. The van der Waals surface area contributed by atoms with Gasteiger partial charge in [0.05, 0.1) is 17.8 Å². The van der Waals surface area contributed by atoms with Gasteiger partial charge in [-0.2, -0.15) is 18.3 Å². The zero-order valence-electron chi connectivity index (χ0n) is 17.8. The summed E-state index contributed by atoms with van der Waals surface area (Å²) in [5.74, 6) is 0.491. The maximum absolute atomic E-state index is 12.5. The van der Waals surface area contributed by atoms with Gasteiger partial charge < -0.3 is 10.1 Å². The number of hydrogen-bond donors (Lipinski definition) is 1. The van der Waals surface area contributed by atoms with Crippen LogP contribution in [0, 0.1) is 11.3 Å². The number of nitrogens with zero attached hydrogens (tertiary/aromatic N) is 4. The van der Waals surface area contributed by atoms with Crippen LogP contribution in [-0.4, -0.2) is 76.3 Å². The first-order chi connectivity index (χ1) is 14.7. The second-order valence-electron chi connectivity index (χ2n) is 10.00. The van der Waals surface area contributed by atoms with E-state index in [1.807, 2.05) is 0 Å². The highest BCUT2D eigenvalue weighted by atomic mass is 19.4. The highest BCUT2D eigenvalue weighted by Gasteiger charge is 2.56. The van der Waals surface area contributed by atoms with E-state index in [-0.39, 0.29) is 25.6 Å². The van der Waals surface area contributed by atoms with E-state index in [0.717, 1.165) is 68.5 Å². The van der Waals surface area contributed by atoms with Gasteiger partial charge in [0.1, 0.15) is 13.2 Å². The average molecular weight is 444 g/mol. The summed E-state index contributed by atoms with van der Waals surface area (Å²) in [6.45, 7) is 5.02. The highest BCUT2D eigenvalue weighted by molar-refractivity contribution is 5.79. The van der Waals surface area contributed by atoms with E-state index in [1.165, 1.54) is 6.20 Å². The van der Waals surface area contributed by atoms with Gasteiger partial charge in [0.25, 0.3) is 0 Å². The van der Waals surface area contributed by atoms with Crippen molar-refractivity contribution in [3.8, 4) is 0 Å². The van der Waals surface area contributed by atoms with Crippen LogP contribution in [0.15, 0.2) is 12.4 Å². The zero-order chi connectivity index (χ0) is 21.9. The molecule has 1 unspecified atom stereocenters.